The van der Waals surface area contributed by atoms with Crippen LogP contribution in [0.15, 0.2) is 65.6 Å². The quantitative estimate of drug-likeness (QED) is 0.517. The molecule has 33 heavy (non-hydrogen) atoms. The standard InChI is InChI=1S/C26H27N5O2/c1-18-7-6-10-20(13-18)14-27-24(32)21-15-28-31-25(21)29(2)23-11-12-30(17-22(23)26(31)33)16-19-8-4-3-5-9-19/h3-10,13,15H,11-12,14,16-17H2,1-2H3,(H,27,32). The molecule has 1 N–H and O–H groups in total. The minimum absolute atomic E-state index is 0.145. The Labute approximate surface area is 192 Å². The Balaban J connectivity index is 1.42. The number of fused-ring (bicyclic) bond motifs is 2. The SMILES string of the molecule is Cc1cccc(CNC(=O)c2cnn3c(=O)c4c(n(C)c23)CCN(Cc2ccccc2)C4)c1. The second-order valence-corrected chi connectivity index (χ2v) is 8.70. The van der Waals surface area contributed by atoms with Gasteiger partial charge in [-0.3, -0.25) is 14.5 Å². The van der Waals surface area contributed by atoms with Crippen molar-refractivity contribution in [1.82, 2.24) is 24.4 Å². The summed E-state index contributed by atoms with van der Waals surface area (Å²) < 4.78 is 3.33. The summed E-state index contributed by atoms with van der Waals surface area (Å²) in [5.41, 5.74) is 5.94. The third-order valence-corrected chi connectivity index (χ3v) is 6.34. The monoisotopic (exact) mass is 441 g/mol. The molecule has 0 bridgehead atoms. The molecule has 0 radical (unpaired) electrons. The molecular formula is C26H27N5O2. The lowest BCUT2D eigenvalue weighted by Crippen LogP contribution is -2.38. The lowest BCUT2D eigenvalue weighted by molar-refractivity contribution is 0.0952. The number of nitrogens with one attached hydrogen (secondary N) is 1. The van der Waals surface area contributed by atoms with E-state index >= 15 is 0 Å². The Morgan fingerprint density at radius 3 is 2.67 bits per heavy atom. The van der Waals surface area contributed by atoms with Gasteiger partial charge in [0.1, 0.15) is 5.56 Å². The first-order chi connectivity index (χ1) is 16.0. The van der Waals surface area contributed by atoms with Crippen molar-refractivity contribution < 1.29 is 4.79 Å². The predicted octanol–water partition coefficient (Wildman–Crippen LogP) is 2.83. The fourth-order valence-corrected chi connectivity index (χ4v) is 4.68. The van der Waals surface area contributed by atoms with E-state index in [2.05, 4.69) is 27.4 Å². The average Bonchev–Trinajstić information content (AvgIpc) is 3.28. The number of nitrogens with zero attached hydrogens (tertiary/aromatic N) is 4. The van der Waals surface area contributed by atoms with Crippen LogP contribution in [0, 0.1) is 6.92 Å². The number of aryl methyl sites for hydroxylation is 2. The van der Waals surface area contributed by atoms with E-state index in [-0.39, 0.29) is 11.5 Å². The van der Waals surface area contributed by atoms with Crippen molar-refractivity contribution in [2.45, 2.75) is 33.0 Å². The maximum atomic E-state index is 13.3. The summed E-state index contributed by atoms with van der Waals surface area (Å²) in [5.74, 6) is -0.233. The lowest BCUT2D eigenvalue weighted by atomic mass is 10.1. The number of benzene rings is 2. The van der Waals surface area contributed by atoms with E-state index in [9.17, 15) is 9.59 Å². The Kier molecular flexibility index (Phi) is 5.56. The van der Waals surface area contributed by atoms with Crippen molar-refractivity contribution in [3.63, 3.8) is 0 Å². The summed E-state index contributed by atoms with van der Waals surface area (Å²) in [6.07, 6.45) is 2.25. The highest BCUT2D eigenvalue weighted by molar-refractivity contribution is 5.99. The topological polar surface area (TPSA) is 71.6 Å². The molecular weight excluding hydrogens is 414 g/mol. The first-order valence-corrected chi connectivity index (χ1v) is 11.2. The lowest BCUT2D eigenvalue weighted by Gasteiger charge is -2.29. The van der Waals surface area contributed by atoms with Crippen molar-refractivity contribution in [3.05, 3.63) is 105 Å². The van der Waals surface area contributed by atoms with E-state index < -0.39 is 0 Å². The van der Waals surface area contributed by atoms with Gasteiger partial charge in [-0.25, -0.2) is 0 Å². The molecule has 168 valence electrons. The van der Waals surface area contributed by atoms with Gasteiger partial charge in [-0.15, -0.1) is 0 Å². The molecule has 1 aliphatic heterocycles. The van der Waals surface area contributed by atoms with Gasteiger partial charge in [0.05, 0.1) is 11.8 Å². The van der Waals surface area contributed by atoms with Gasteiger partial charge in [-0.1, -0.05) is 60.2 Å². The van der Waals surface area contributed by atoms with Crippen molar-refractivity contribution >= 4 is 11.6 Å². The van der Waals surface area contributed by atoms with Gasteiger partial charge in [0.25, 0.3) is 11.5 Å². The zero-order valence-corrected chi connectivity index (χ0v) is 18.9. The van der Waals surface area contributed by atoms with Crippen molar-refractivity contribution in [1.29, 1.82) is 0 Å². The van der Waals surface area contributed by atoms with Gasteiger partial charge in [0, 0.05) is 45.3 Å². The molecule has 0 atom stereocenters. The van der Waals surface area contributed by atoms with Gasteiger partial charge in [-0.2, -0.15) is 9.61 Å². The van der Waals surface area contributed by atoms with Crippen LogP contribution in [-0.2, 0) is 33.1 Å². The van der Waals surface area contributed by atoms with Crippen molar-refractivity contribution in [2.75, 3.05) is 6.54 Å². The molecule has 1 amide bonds. The first-order valence-electron chi connectivity index (χ1n) is 11.2. The Bertz CT molecular complexity index is 1390. The van der Waals surface area contributed by atoms with Crippen LogP contribution in [0.25, 0.3) is 5.65 Å². The summed E-state index contributed by atoms with van der Waals surface area (Å²) in [7, 11) is 1.92. The van der Waals surface area contributed by atoms with Crippen LogP contribution in [0.3, 0.4) is 0 Å². The third-order valence-electron chi connectivity index (χ3n) is 6.34. The molecule has 0 unspecified atom stereocenters. The molecule has 1 aliphatic rings. The number of hydrogen-bond donors (Lipinski definition) is 1. The van der Waals surface area contributed by atoms with Gasteiger partial charge in [0.15, 0.2) is 5.65 Å². The van der Waals surface area contributed by atoms with Crippen molar-refractivity contribution in [2.24, 2.45) is 7.05 Å². The highest BCUT2D eigenvalue weighted by atomic mass is 16.2. The Hall–Kier alpha value is -3.71. The normalized spacial score (nSPS) is 13.8. The van der Waals surface area contributed by atoms with Crippen LogP contribution in [0.5, 0.6) is 0 Å². The number of carbonyl (C=O) groups excluding carboxylic acids is 1. The smallest absolute Gasteiger partial charge is 0.279 e. The average molecular weight is 442 g/mol. The minimum Gasteiger partial charge on any atom is -0.348 e. The largest absolute Gasteiger partial charge is 0.348 e. The molecule has 5 rings (SSSR count). The predicted molar refractivity (Wildman–Crippen MR) is 127 cm³/mol. The molecule has 0 spiro atoms. The molecule has 7 nitrogen and oxygen atoms in total. The van der Waals surface area contributed by atoms with E-state index in [1.807, 2.05) is 61.0 Å². The van der Waals surface area contributed by atoms with Crippen LogP contribution < -0.4 is 10.9 Å². The van der Waals surface area contributed by atoms with Crippen LogP contribution in [0.4, 0.5) is 0 Å². The number of amides is 1. The van der Waals surface area contributed by atoms with Crippen LogP contribution in [0.1, 0.15) is 38.3 Å². The van der Waals surface area contributed by atoms with Gasteiger partial charge < -0.3 is 9.88 Å². The number of carbonyl (C=O) groups is 1. The summed E-state index contributed by atoms with van der Waals surface area (Å²) in [4.78, 5) is 28.6. The second-order valence-electron chi connectivity index (χ2n) is 8.70. The summed E-state index contributed by atoms with van der Waals surface area (Å²) in [5, 5.41) is 7.26. The summed E-state index contributed by atoms with van der Waals surface area (Å²) in [6.45, 7) is 4.67. The number of hydrogen-bond acceptors (Lipinski definition) is 4. The summed E-state index contributed by atoms with van der Waals surface area (Å²) in [6, 6.07) is 18.3. The van der Waals surface area contributed by atoms with Gasteiger partial charge in [0.2, 0.25) is 0 Å². The maximum Gasteiger partial charge on any atom is 0.279 e. The molecule has 3 heterocycles. The molecule has 4 aromatic rings. The zero-order valence-electron chi connectivity index (χ0n) is 18.9. The van der Waals surface area contributed by atoms with E-state index in [0.717, 1.165) is 41.9 Å². The first kappa shape index (κ1) is 21.2. The van der Waals surface area contributed by atoms with E-state index in [1.54, 1.807) is 0 Å². The minimum atomic E-state index is -0.233. The zero-order chi connectivity index (χ0) is 22.9. The fraction of sp³-hybridized carbons (Fsp3) is 0.269. The van der Waals surface area contributed by atoms with E-state index in [1.165, 1.54) is 16.3 Å². The fourth-order valence-electron chi connectivity index (χ4n) is 4.68. The van der Waals surface area contributed by atoms with Gasteiger partial charge in [-0.05, 0) is 18.1 Å². The molecule has 0 saturated carbocycles. The molecule has 0 aliphatic carbocycles. The molecule has 0 saturated heterocycles. The number of aromatic nitrogens is 3. The number of rotatable bonds is 5. The third kappa shape index (κ3) is 4.07. The van der Waals surface area contributed by atoms with Crippen LogP contribution in [-0.4, -0.2) is 31.5 Å². The van der Waals surface area contributed by atoms with Crippen LogP contribution >= 0.6 is 0 Å². The highest BCUT2D eigenvalue weighted by Crippen LogP contribution is 2.21. The Morgan fingerprint density at radius 1 is 1.09 bits per heavy atom. The molecule has 0 fully saturated rings. The van der Waals surface area contributed by atoms with Crippen molar-refractivity contribution in [3.8, 4) is 0 Å². The second kappa shape index (κ2) is 8.67. The molecule has 2 aromatic heterocycles. The highest BCUT2D eigenvalue weighted by Gasteiger charge is 2.26. The van der Waals surface area contributed by atoms with E-state index in [0.29, 0.717) is 24.3 Å². The van der Waals surface area contributed by atoms with Crippen LogP contribution in [0.2, 0.25) is 0 Å². The van der Waals surface area contributed by atoms with Gasteiger partial charge >= 0.3 is 0 Å². The van der Waals surface area contributed by atoms with E-state index in [4.69, 9.17) is 0 Å². The molecule has 7 heteroatoms. The Morgan fingerprint density at radius 2 is 1.88 bits per heavy atom. The maximum absolute atomic E-state index is 13.3. The molecule has 2 aromatic carbocycles. The summed E-state index contributed by atoms with van der Waals surface area (Å²) >= 11 is 0.